The molecule has 0 N–H and O–H groups in total. The maximum atomic E-state index is 10.9. The zero-order chi connectivity index (χ0) is 14.5. The highest BCUT2D eigenvalue weighted by Gasteiger charge is 2.11. The van der Waals surface area contributed by atoms with Crippen molar-refractivity contribution in [3.8, 4) is 0 Å². The van der Waals surface area contributed by atoms with E-state index in [1.807, 2.05) is 24.3 Å². The summed E-state index contributed by atoms with van der Waals surface area (Å²) in [6.45, 7) is 2.65. The van der Waals surface area contributed by atoms with Crippen molar-refractivity contribution in [1.29, 1.82) is 0 Å². The Hall–Kier alpha value is -2.50. The van der Waals surface area contributed by atoms with E-state index in [9.17, 15) is 9.59 Å². The number of esters is 2. The fourth-order valence-corrected chi connectivity index (χ4v) is 1.64. The molecule has 2 rings (SSSR count). The molecule has 0 atom stereocenters. The Morgan fingerprint density at radius 2 is 1.30 bits per heavy atom. The largest absolute Gasteiger partial charge is 0.459 e. The van der Waals surface area contributed by atoms with Crippen molar-refractivity contribution in [2.45, 2.75) is 27.1 Å². The zero-order valence-corrected chi connectivity index (χ0v) is 11.3. The van der Waals surface area contributed by atoms with Crippen LogP contribution in [-0.2, 0) is 32.3 Å². The number of fused-ring (bicyclic) bond motifs is 1. The lowest BCUT2D eigenvalue weighted by molar-refractivity contribution is -0.144. The Morgan fingerprint density at radius 1 is 0.900 bits per heavy atom. The lowest BCUT2D eigenvalue weighted by Crippen LogP contribution is -2.09. The molecule has 6 heteroatoms. The van der Waals surface area contributed by atoms with Gasteiger partial charge in [-0.3, -0.25) is 9.59 Å². The van der Waals surface area contributed by atoms with Crippen molar-refractivity contribution in [2.75, 3.05) is 0 Å². The molecule has 0 radical (unpaired) electrons. The predicted molar refractivity (Wildman–Crippen MR) is 70.5 cm³/mol. The Labute approximate surface area is 115 Å². The van der Waals surface area contributed by atoms with Crippen LogP contribution in [0.15, 0.2) is 24.3 Å². The Morgan fingerprint density at radius 3 is 1.65 bits per heavy atom. The summed E-state index contributed by atoms with van der Waals surface area (Å²) in [5.41, 5.74) is 2.36. The molecule has 1 heterocycles. The second kappa shape index (κ2) is 6.10. The Kier molecular flexibility index (Phi) is 4.24. The zero-order valence-electron chi connectivity index (χ0n) is 11.3. The van der Waals surface area contributed by atoms with Gasteiger partial charge in [-0.15, -0.1) is 0 Å². The molecule has 0 aliphatic heterocycles. The van der Waals surface area contributed by atoms with E-state index in [-0.39, 0.29) is 13.2 Å². The van der Waals surface area contributed by atoms with Gasteiger partial charge in [0.2, 0.25) is 0 Å². The maximum absolute atomic E-state index is 10.9. The van der Waals surface area contributed by atoms with E-state index in [4.69, 9.17) is 9.47 Å². The Balaban J connectivity index is 2.35. The SMILES string of the molecule is CC(=O)OCc1nc2ccccc2nc1COC(C)=O. The molecule has 0 saturated heterocycles. The van der Waals surface area contributed by atoms with Crippen molar-refractivity contribution in [2.24, 2.45) is 0 Å². The number of aromatic nitrogens is 2. The molecule has 6 nitrogen and oxygen atoms in total. The van der Waals surface area contributed by atoms with Gasteiger partial charge in [0, 0.05) is 13.8 Å². The molecule has 0 aliphatic rings. The number of benzene rings is 1. The molecule has 0 unspecified atom stereocenters. The number of rotatable bonds is 4. The molecule has 0 bridgehead atoms. The van der Waals surface area contributed by atoms with E-state index in [0.29, 0.717) is 22.4 Å². The van der Waals surface area contributed by atoms with Crippen LogP contribution in [0.3, 0.4) is 0 Å². The highest BCUT2D eigenvalue weighted by molar-refractivity contribution is 5.74. The van der Waals surface area contributed by atoms with E-state index in [1.165, 1.54) is 13.8 Å². The molecule has 0 fully saturated rings. The fourth-order valence-electron chi connectivity index (χ4n) is 1.64. The quantitative estimate of drug-likeness (QED) is 0.790. The summed E-state index contributed by atoms with van der Waals surface area (Å²) in [4.78, 5) is 30.6. The minimum atomic E-state index is -0.404. The van der Waals surface area contributed by atoms with Gasteiger partial charge >= 0.3 is 11.9 Å². The number of nitrogens with zero attached hydrogens (tertiary/aromatic N) is 2. The second-order valence-corrected chi connectivity index (χ2v) is 4.17. The summed E-state index contributed by atoms with van der Waals surface area (Å²) in [5.74, 6) is -0.809. The first-order chi connectivity index (χ1) is 9.56. The second-order valence-electron chi connectivity index (χ2n) is 4.17. The van der Waals surface area contributed by atoms with Gasteiger partial charge in [0.25, 0.3) is 0 Å². The molecular formula is C14H14N2O4. The summed E-state index contributed by atoms with van der Waals surface area (Å²) in [6.07, 6.45) is 0. The number of hydrogen-bond acceptors (Lipinski definition) is 6. The molecule has 2 aromatic rings. The van der Waals surface area contributed by atoms with Gasteiger partial charge in [-0.25, -0.2) is 9.97 Å². The van der Waals surface area contributed by atoms with Gasteiger partial charge in [0.15, 0.2) is 0 Å². The van der Waals surface area contributed by atoms with Gasteiger partial charge in [-0.1, -0.05) is 12.1 Å². The van der Waals surface area contributed by atoms with Crippen LogP contribution in [0.25, 0.3) is 11.0 Å². The fraction of sp³-hybridized carbons (Fsp3) is 0.286. The van der Waals surface area contributed by atoms with Crippen LogP contribution >= 0.6 is 0 Å². The van der Waals surface area contributed by atoms with Gasteiger partial charge in [0.05, 0.1) is 11.0 Å². The third-order valence-corrected chi connectivity index (χ3v) is 2.55. The Bertz CT molecular complexity index is 598. The average Bonchev–Trinajstić information content (AvgIpc) is 2.42. The molecule has 104 valence electrons. The van der Waals surface area contributed by atoms with Crippen LogP contribution in [0, 0.1) is 0 Å². The standard InChI is InChI=1S/C14H14N2O4/c1-9(17)19-7-13-14(8-20-10(2)18)16-12-6-4-3-5-11(12)15-13/h3-6H,7-8H2,1-2H3. The van der Waals surface area contributed by atoms with Crippen LogP contribution in [0.5, 0.6) is 0 Å². The lowest BCUT2D eigenvalue weighted by Gasteiger charge is -2.09. The number of carbonyl (C=O) groups excluding carboxylic acids is 2. The van der Waals surface area contributed by atoms with Crippen LogP contribution in [-0.4, -0.2) is 21.9 Å². The van der Waals surface area contributed by atoms with Crippen LogP contribution < -0.4 is 0 Å². The molecule has 1 aromatic carbocycles. The minimum Gasteiger partial charge on any atom is -0.459 e. The summed E-state index contributed by atoms with van der Waals surface area (Å²) in [5, 5.41) is 0. The monoisotopic (exact) mass is 274 g/mol. The van der Waals surface area contributed by atoms with E-state index >= 15 is 0 Å². The highest BCUT2D eigenvalue weighted by atomic mass is 16.5. The lowest BCUT2D eigenvalue weighted by atomic mass is 10.2. The van der Waals surface area contributed by atoms with E-state index in [0.717, 1.165) is 0 Å². The van der Waals surface area contributed by atoms with Gasteiger partial charge in [-0.2, -0.15) is 0 Å². The first-order valence-electron chi connectivity index (χ1n) is 6.07. The van der Waals surface area contributed by atoms with E-state index in [2.05, 4.69) is 9.97 Å². The summed E-state index contributed by atoms with van der Waals surface area (Å²) < 4.78 is 9.88. The third-order valence-electron chi connectivity index (χ3n) is 2.55. The molecule has 0 aliphatic carbocycles. The van der Waals surface area contributed by atoms with Crippen molar-refractivity contribution >= 4 is 23.0 Å². The van der Waals surface area contributed by atoms with Gasteiger partial charge in [-0.05, 0) is 12.1 Å². The smallest absolute Gasteiger partial charge is 0.303 e. The molecule has 20 heavy (non-hydrogen) atoms. The normalized spacial score (nSPS) is 10.3. The molecule has 0 saturated carbocycles. The van der Waals surface area contributed by atoms with Gasteiger partial charge < -0.3 is 9.47 Å². The number of ether oxygens (including phenoxy) is 2. The molecular weight excluding hydrogens is 260 g/mol. The minimum absolute atomic E-state index is 0.00374. The van der Waals surface area contributed by atoms with Crippen LogP contribution in [0.2, 0.25) is 0 Å². The first kappa shape index (κ1) is 13.9. The number of para-hydroxylation sites is 2. The molecule has 0 spiro atoms. The summed E-state index contributed by atoms with van der Waals surface area (Å²) >= 11 is 0. The van der Waals surface area contributed by atoms with E-state index in [1.54, 1.807) is 0 Å². The van der Waals surface area contributed by atoms with Crippen molar-refractivity contribution in [3.05, 3.63) is 35.7 Å². The van der Waals surface area contributed by atoms with Crippen molar-refractivity contribution in [3.63, 3.8) is 0 Å². The number of carbonyl (C=O) groups is 2. The average molecular weight is 274 g/mol. The topological polar surface area (TPSA) is 78.4 Å². The third kappa shape index (κ3) is 3.50. The highest BCUT2D eigenvalue weighted by Crippen LogP contribution is 2.14. The first-order valence-corrected chi connectivity index (χ1v) is 6.07. The predicted octanol–water partition coefficient (Wildman–Crippen LogP) is 1.76. The van der Waals surface area contributed by atoms with Crippen LogP contribution in [0.4, 0.5) is 0 Å². The van der Waals surface area contributed by atoms with E-state index < -0.39 is 11.9 Å². The van der Waals surface area contributed by atoms with Gasteiger partial charge in [0.1, 0.15) is 24.6 Å². The van der Waals surface area contributed by atoms with Crippen molar-refractivity contribution in [1.82, 2.24) is 9.97 Å². The van der Waals surface area contributed by atoms with Crippen LogP contribution in [0.1, 0.15) is 25.2 Å². The number of hydrogen-bond donors (Lipinski definition) is 0. The van der Waals surface area contributed by atoms with Crippen molar-refractivity contribution < 1.29 is 19.1 Å². The summed E-state index contributed by atoms with van der Waals surface area (Å²) in [6, 6.07) is 7.32. The maximum Gasteiger partial charge on any atom is 0.303 e. The molecule has 0 amide bonds. The summed E-state index contributed by atoms with van der Waals surface area (Å²) in [7, 11) is 0. The molecule has 1 aromatic heterocycles.